The molecule has 0 aromatic rings. The zero-order valence-corrected chi connectivity index (χ0v) is 14.5. The van der Waals surface area contributed by atoms with Gasteiger partial charge in [0, 0.05) is 10.7 Å². The van der Waals surface area contributed by atoms with Crippen molar-refractivity contribution in [3.63, 3.8) is 0 Å². The molecule has 0 saturated carbocycles. The molecule has 0 bridgehead atoms. The predicted molar refractivity (Wildman–Crippen MR) is 82.4 cm³/mol. The van der Waals surface area contributed by atoms with Crippen molar-refractivity contribution in [1.29, 1.82) is 0 Å². The van der Waals surface area contributed by atoms with Crippen molar-refractivity contribution >= 4 is 39.9 Å². The molecular formula is C12H26Br2Si. The Bertz CT molecular complexity index is 124. The molecule has 0 N–H and O–H groups in total. The Labute approximate surface area is 114 Å². The van der Waals surface area contributed by atoms with Gasteiger partial charge in [0.05, 0.1) is 8.07 Å². The lowest BCUT2D eigenvalue weighted by molar-refractivity contribution is 0.817. The van der Waals surface area contributed by atoms with Crippen LogP contribution in [-0.2, 0) is 0 Å². The van der Waals surface area contributed by atoms with Gasteiger partial charge >= 0.3 is 0 Å². The van der Waals surface area contributed by atoms with Crippen molar-refractivity contribution < 1.29 is 0 Å². The number of unbranched alkanes of at least 4 members (excludes halogenated alkanes) is 2. The third-order valence-electron chi connectivity index (χ3n) is 3.37. The molecule has 0 aliphatic carbocycles. The standard InChI is InChI=1S/C12H26Br2Si/c1-3-5-9-15(11-7-13,12-8-14)10-6-4-2/h3-12H2,1-2H3. The van der Waals surface area contributed by atoms with Gasteiger partial charge in [-0.15, -0.1) is 0 Å². The summed E-state index contributed by atoms with van der Waals surface area (Å²) in [5.41, 5.74) is 0. The fourth-order valence-electron chi connectivity index (χ4n) is 2.25. The van der Waals surface area contributed by atoms with E-state index in [4.69, 9.17) is 0 Å². The molecule has 0 amide bonds. The summed E-state index contributed by atoms with van der Waals surface area (Å²) in [6.07, 6.45) is 5.64. The van der Waals surface area contributed by atoms with E-state index in [1.54, 1.807) is 12.1 Å². The summed E-state index contributed by atoms with van der Waals surface area (Å²) in [6.45, 7) is 4.64. The highest BCUT2D eigenvalue weighted by molar-refractivity contribution is 9.09. The van der Waals surface area contributed by atoms with E-state index < -0.39 is 8.07 Å². The van der Waals surface area contributed by atoms with E-state index in [0.717, 1.165) is 0 Å². The molecule has 0 nitrogen and oxygen atoms in total. The van der Waals surface area contributed by atoms with Crippen molar-refractivity contribution in [3.05, 3.63) is 0 Å². The molecule has 15 heavy (non-hydrogen) atoms. The van der Waals surface area contributed by atoms with Gasteiger partial charge in [0.25, 0.3) is 0 Å². The second-order valence-corrected chi connectivity index (χ2v) is 11.2. The Balaban J connectivity index is 4.26. The summed E-state index contributed by atoms with van der Waals surface area (Å²) in [5.74, 6) is 0. The summed E-state index contributed by atoms with van der Waals surface area (Å²) >= 11 is 7.32. The molecule has 0 atom stereocenters. The van der Waals surface area contributed by atoms with Gasteiger partial charge in [-0.05, 0) is 12.1 Å². The smallest absolute Gasteiger partial charge is 0.0552 e. The van der Waals surface area contributed by atoms with Crippen molar-refractivity contribution in [2.45, 2.75) is 63.7 Å². The van der Waals surface area contributed by atoms with Crippen LogP contribution in [0.3, 0.4) is 0 Å². The summed E-state index contributed by atoms with van der Waals surface area (Å²) in [5, 5.41) is 2.44. The Hall–Kier alpha value is 1.18. The Morgan fingerprint density at radius 2 is 1.13 bits per heavy atom. The largest absolute Gasteiger partial charge is 0.0931 e. The number of halogens is 2. The lowest BCUT2D eigenvalue weighted by atomic mass is 10.4. The molecule has 0 spiro atoms. The van der Waals surface area contributed by atoms with Gasteiger partial charge in [-0.2, -0.15) is 0 Å². The number of alkyl halides is 2. The van der Waals surface area contributed by atoms with Crippen LogP contribution < -0.4 is 0 Å². The van der Waals surface area contributed by atoms with Crippen LogP contribution in [0.4, 0.5) is 0 Å². The Kier molecular flexibility index (Phi) is 11.1. The van der Waals surface area contributed by atoms with Crippen molar-refractivity contribution in [1.82, 2.24) is 0 Å². The van der Waals surface area contributed by atoms with Crippen LogP contribution in [0.1, 0.15) is 39.5 Å². The van der Waals surface area contributed by atoms with Crippen LogP contribution in [0, 0.1) is 0 Å². The highest BCUT2D eigenvalue weighted by Gasteiger charge is 2.29. The topological polar surface area (TPSA) is 0 Å². The first-order chi connectivity index (χ1) is 7.24. The number of hydrogen-bond acceptors (Lipinski definition) is 0. The summed E-state index contributed by atoms with van der Waals surface area (Å²) in [6, 6.07) is 6.08. The number of rotatable bonds is 10. The van der Waals surface area contributed by atoms with Crippen LogP contribution in [0.25, 0.3) is 0 Å². The van der Waals surface area contributed by atoms with E-state index in [1.807, 2.05) is 0 Å². The minimum atomic E-state index is -0.931. The minimum absolute atomic E-state index is 0.931. The van der Waals surface area contributed by atoms with E-state index >= 15 is 0 Å². The quantitative estimate of drug-likeness (QED) is 0.341. The van der Waals surface area contributed by atoms with E-state index in [1.165, 1.54) is 48.4 Å². The molecule has 0 aliphatic heterocycles. The highest BCUT2D eigenvalue weighted by Crippen LogP contribution is 2.31. The lowest BCUT2D eigenvalue weighted by Gasteiger charge is -2.31. The molecular weight excluding hydrogens is 332 g/mol. The monoisotopic (exact) mass is 356 g/mol. The van der Waals surface area contributed by atoms with E-state index in [9.17, 15) is 0 Å². The van der Waals surface area contributed by atoms with Crippen LogP contribution in [0.15, 0.2) is 0 Å². The van der Waals surface area contributed by atoms with Gasteiger partial charge in [0.1, 0.15) is 0 Å². The first-order valence-corrected chi connectivity index (χ1v) is 11.4. The average molecular weight is 358 g/mol. The summed E-state index contributed by atoms with van der Waals surface area (Å²) in [4.78, 5) is 0. The maximum Gasteiger partial charge on any atom is 0.0552 e. The van der Waals surface area contributed by atoms with Gasteiger partial charge in [-0.1, -0.05) is 83.5 Å². The van der Waals surface area contributed by atoms with Gasteiger partial charge in [0.15, 0.2) is 0 Å². The third-order valence-corrected chi connectivity index (χ3v) is 11.1. The van der Waals surface area contributed by atoms with Crippen LogP contribution in [-0.4, -0.2) is 18.7 Å². The van der Waals surface area contributed by atoms with Gasteiger partial charge < -0.3 is 0 Å². The van der Waals surface area contributed by atoms with Crippen LogP contribution in [0.5, 0.6) is 0 Å². The van der Waals surface area contributed by atoms with Gasteiger partial charge in [0.2, 0.25) is 0 Å². The third kappa shape index (κ3) is 7.17. The van der Waals surface area contributed by atoms with Crippen molar-refractivity contribution in [2.75, 3.05) is 10.7 Å². The number of hydrogen-bond donors (Lipinski definition) is 0. The first-order valence-electron chi connectivity index (χ1n) is 6.36. The molecule has 3 heteroatoms. The Morgan fingerprint density at radius 1 is 0.733 bits per heavy atom. The van der Waals surface area contributed by atoms with Crippen molar-refractivity contribution in [2.24, 2.45) is 0 Å². The maximum atomic E-state index is 3.66. The normalized spacial score (nSPS) is 12.0. The van der Waals surface area contributed by atoms with Crippen LogP contribution in [0.2, 0.25) is 24.2 Å². The Morgan fingerprint density at radius 3 is 1.40 bits per heavy atom. The molecule has 0 fully saturated rings. The molecule has 0 unspecified atom stereocenters. The minimum Gasteiger partial charge on any atom is -0.0931 e. The second kappa shape index (κ2) is 10.3. The molecule has 0 aromatic heterocycles. The summed E-state index contributed by atoms with van der Waals surface area (Å²) in [7, 11) is -0.931. The average Bonchev–Trinajstić information content (AvgIpc) is 2.24. The summed E-state index contributed by atoms with van der Waals surface area (Å²) < 4.78 is 0. The second-order valence-electron chi connectivity index (χ2n) is 4.59. The highest BCUT2D eigenvalue weighted by atomic mass is 79.9. The van der Waals surface area contributed by atoms with E-state index in [0.29, 0.717) is 0 Å². The van der Waals surface area contributed by atoms with Crippen LogP contribution >= 0.6 is 31.9 Å². The molecule has 0 rings (SSSR count). The lowest BCUT2D eigenvalue weighted by Crippen LogP contribution is -2.34. The first kappa shape index (κ1) is 16.2. The van der Waals surface area contributed by atoms with E-state index in [-0.39, 0.29) is 0 Å². The van der Waals surface area contributed by atoms with Crippen molar-refractivity contribution in [3.8, 4) is 0 Å². The molecule has 0 heterocycles. The molecule has 0 saturated heterocycles. The van der Waals surface area contributed by atoms with E-state index in [2.05, 4.69) is 45.7 Å². The zero-order chi connectivity index (χ0) is 11.6. The van der Waals surface area contributed by atoms with Gasteiger partial charge in [-0.25, -0.2) is 0 Å². The molecule has 0 aromatic carbocycles. The zero-order valence-electron chi connectivity index (χ0n) is 10.3. The molecule has 0 radical (unpaired) electrons. The predicted octanol–water partition coefficient (Wildman–Crippen LogP) is 5.83. The van der Waals surface area contributed by atoms with Gasteiger partial charge in [-0.3, -0.25) is 0 Å². The molecule has 0 aliphatic rings. The maximum absolute atomic E-state index is 3.66. The SMILES string of the molecule is CCCC[Si](CCBr)(CCBr)CCCC. The fraction of sp³-hybridized carbons (Fsp3) is 1.00. The fourth-order valence-corrected chi connectivity index (χ4v) is 11.8. The molecule has 92 valence electrons.